The molecule has 0 fully saturated rings. The molecule has 0 heterocycles. The second-order valence-corrected chi connectivity index (χ2v) is 3.61. The molecule has 0 spiro atoms. The smallest absolute Gasteiger partial charge is 0.150 e. The van der Waals surface area contributed by atoms with Gasteiger partial charge in [-0.05, 0) is 30.3 Å². The summed E-state index contributed by atoms with van der Waals surface area (Å²) < 4.78 is 38.8. The van der Waals surface area contributed by atoms with Crippen molar-refractivity contribution in [3.63, 3.8) is 0 Å². The lowest BCUT2D eigenvalue weighted by atomic mass is 10.1. The number of nitrogen functional groups attached to an aromatic ring is 1. The van der Waals surface area contributed by atoms with E-state index in [1.807, 2.05) is 13.8 Å². The van der Waals surface area contributed by atoms with E-state index in [2.05, 4.69) is 11.8 Å². The average Bonchev–Trinajstić information content (AvgIpc) is 2.45. The first-order chi connectivity index (χ1) is 9.56. The molecule has 20 heavy (non-hydrogen) atoms. The third kappa shape index (κ3) is 4.06. The second-order valence-electron chi connectivity index (χ2n) is 3.61. The van der Waals surface area contributed by atoms with Crippen LogP contribution in [-0.4, -0.2) is 0 Å². The van der Waals surface area contributed by atoms with Crippen LogP contribution in [0, 0.1) is 29.3 Å². The van der Waals surface area contributed by atoms with Crippen LogP contribution in [0.4, 0.5) is 18.9 Å². The minimum absolute atomic E-state index is 0.0665. The highest BCUT2D eigenvalue weighted by Crippen LogP contribution is 2.17. The van der Waals surface area contributed by atoms with Crippen molar-refractivity contribution in [3.05, 3.63) is 65.0 Å². The number of rotatable bonds is 0. The normalized spacial score (nSPS) is 9.05. The van der Waals surface area contributed by atoms with Crippen molar-refractivity contribution < 1.29 is 13.2 Å². The largest absolute Gasteiger partial charge is 0.395 e. The lowest BCUT2D eigenvalue weighted by Gasteiger charge is -1.99. The van der Waals surface area contributed by atoms with Crippen LogP contribution >= 0.6 is 0 Å². The Morgan fingerprint density at radius 1 is 0.850 bits per heavy atom. The topological polar surface area (TPSA) is 26.0 Å². The zero-order chi connectivity index (χ0) is 15.1. The summed E-state index contributed by atoms with van der Waals surface area (Å²) in [5.41, 5.74) is 5.83. The molecular weight excluding hydrogens is 263 g/mol. The molecule has 0 aliphatic rings. The Balaban J connectivity index is 0.000000956. The molecule has 2 aromatic rings. The first-order valence-corrected chi connectivity index (χ1v) is 6.08. The van der Waals surface area contributed by atoms with Gasteiger partial charge >= 0.3 is 0 Å². The van der Waals surface area contributed by atoms with Crippen LogP contribution in [0.15, 0.2) is 36.4 Å². The maximum Gasteiger partial charge on any atom is 0.150 e. The molecule has 0 aromatic heterocycles. The molecule has 0 aliphatic carbocycles. The predicted molar refractivity (Wildman–Crippen MR) is 74.5 cm³/mol. The fraction of sp³-hybridized carbons (Fsp3) is 0.125. The lowest BCUT2D eigenvalue weighted by Crippen LogP contribution is -1.96. The van der Waals surface area contributed by atoms with Gasteiger partial charge < -0.3 is 5.73 Å². The van der Waals surface area contributed by atoms with E-state index in [0.717, 1.165) is 6.07 Å². The van der Waals surface area contributed by atoms with Gasteiger partial charge in [-0.3, -0.25) is 0 Å². The van der Waals surface area contributed by atoms with Gasteiger partial charge in [0.15, 0.2) is 0 Å². The molecule has 0 saturated heterocycles. The Labute approximate surface area is 116 Å². The number of hydrogen-bond acceptors (Lipinski definition) is 1. The molecule has 104 valence electrons. The number of nitrogens with two attached hydrogens (primary N) is 1. The van der Waals surface area contributed by atoms with Gasteiger partial charge in [0, 0.05) is 11.6 Å². The molecule has 2 aromatic carbocycles. The monoisotopic (exact) mass is 277 g/mol. The van der Waals surface area contributed by atoms with E-state index in [9.17, 15) is 13.2 Å². The Morgan fingerprint density at radius 2 is 1.45 bits per heavy atom. The third-order valence-electron chi connectivity index (χ3n) is 2.28. The van der Waals surface area contributed by atoms with Crippen molar-refractivity contribution >= 4 is 5.69 Å². The van der Waals surface area contributed by atoms with E-state index in [4.69, 9.17) is 5.73 Å². The number of hydrogen-bond donors (Lipinski definition) is 1. The van der Waals surface area contributed by atoms with Crippen LogP contribution in [0.1, 0.15) is 25.0 Å². The molecule has 2 N–H and O–H groups in total. The highest BCUT2D eigenvalue weighted by atomic mass is 19.1. The quantitative estimate of drug-likeness (QED) is 0.569. The molecule has 0 bridgehead atoms. The van der Waals surface area contributed by atoms with Crippen molar-refractivity contribution in [3.8, 4) is 11.8 Å². The van der Waals surface area contributed by atoms with Crippen molar-refractivity contribution in [2.75, 3.05) is 5.73 Å². The summed E-state index contributed by atoms with van der Waals surface area (Å²) in [6.45, 7) is 4.00. The summed E-state index contributed by atoms with van der Waals surface area (Å²) in [5.74, 6) is 3.23. The van der Waals surface area contributed by atoms with E-state index >= 15 is 0 Å². The van der Waals surface area contributed by atoms with Gasteiger partial charge in [-0.1, -0.05) is 25.7 Å². The van der Waals surface area contributed by atoms with E-state index < -0.39 is 11.6 Å². The first-order valence-electron chi connectivity index (χ1n) is 6.08. The van der Waals surface area contributed by atoms with Crippen LogP contribution in [0.3, 0.4) is 0 Å². The number of anilines is 1. The number of benzene rings is 2. The van der Waals surface area contributed by atoms with E-state index in [-0.39, 0.29) is 17.1 Å². The van der Waals surface area contributed by atoms with E-state index in [1.54, 1.807) is 0 Å². The van der Waals surface area contributed by atoms with Gasteiger partial charge in [0.1, 0.15) is 17.5 Å². The van der Waals surface area contributed by atoms with Crippen molar-refractivity contribution in [1.29, 1.82) is 0 Å². The summed E-state index contributed by atoms with van der Waals surface area (Å²) in [5, 5.41) is 0. The second kappa shape index (κ2) is 7.25. The summed E-state index contributed by atoms with van der Waals surface area (Å²) in [6, 6.07) is 7.18. The van der Waals surface area contributed by atoms with Gasteiger partial charge in [-0.15, -0.1) is 0 Å². The molecule has 0 atom stereocenters. The molecule has 0 aliphatic heterocycles. The Bertz CT molecular complexity index is 637. The van der Waals surface area contributed by atoms with Crippen LogP contribution < -0.4 is 5.73 Å². The zero-order valence-corrected chi connectivity index (χ0v) is 11.2. The zero-order valence-electron chi connectivity index (χ0n) is 11.2. The van der Waals surface area contributed by atoms with Gasteiger partial charge in [-0.2, -0.15) is 0 Å². The van der Waals surface area contributed by atoms with Crippen LogP contribution in [0.2, 0.25) is 0 Å². The maximum atomic E-state index is 13.1. The van der Waals surface area contributed by atoms with Crippen molar-refractivity contribution in [2.24, 2.45) is 0 Å². The van der Waals surface area contributed by atoms with E-state index in [1.165, 1.54) is 24.3 Å². The number of halogens is 3. The van der Waals surface area contributed by atoms with Crippen LogP contribution in [-0.2, 0) is 0 Å². The minimum atomic E-state index is -0.849. The van der Waals surface area contributed by atoms with E-state index in [0.29, 0.717) is 11.6 Å². The highest BCUT2D eigenvalue weighted by molar-refractivity contribution is 5.58. The van der Waals surface area contributed by atoms with Crippen LogP contribution in [0.25, 0.3) is 0 Å². The van der Waals surface area contributed by atoms with Crippen molar-refractivity contribution in [1.82, 2.24) is 0 Å². The van der Waals surface area contributed by atoms with Gasteiger partial charge in [0.2, 0.25) is 0 Å². The summed E-state index contributed by atoms with van der Waals surface area (Å²) >= 11 is 0. The van der Waals surface area contributed by atoms with Crippen LogP contribution in [0.5, 0.6) is 0 Å². The minimum Gasteiger partial charge on any atom is -0.395 e. The van der Waals surface area contributed by atoms with Gasteiger partial charge in [-0.25, -0.2) is 13.2 Å². The molecule has 0 saturated carbocycles. The average molecular weight is 277 g/mol. The summed E-state index contributed by atoms with van der Waals surface area (Å²) in [4.78, 5) is 0. The summed E-state index contributed by atoms with van der Waals surface area (Å²) in [7, 11) is 0. The third-order valence-corrected chi connectivity index (χ3v) is 2.28. The predicted octanol–water partition coefficient (Wildman–Crippen LogP) is 4.11. The molecular formula is C16H14F3N. The molecule has 0 radical (unpaired) electrons. The highest BCUT2D eigenvalue weighted by Gasteiger charge is 2.05. The lowest BCUT2D eigenvalue weighted by molar-refractivity contribution is 0.585. The Morgan fingerprint density at radius 3 is 2.05 bits per heavy atom. The standard InChI is InChI=1S/C14H8F3N.C2H6/c15-11-5-2-9(3-6-11)1-4-10-7-12(16)8-13(17)14(10)18;1-2/h2-3,5-8H,18H2;1-2H3. The fourth-order valence-electron chi connectivity index (χ4n) is 1.36. The maximum absolute atomic E-state index is 13.1. The molecule has 0 unspecified atom stereocenters. The molecule has 1 nitrogen and oxygen atoms in total. The van der Waals surface area contributed by atoms with Gasteiger partial charge in [0.25, 0.3) is 0 Å². The molecule has 0 amide bonds. The Hall–Kier alpha value is -2.41. The SMILES string of the molecule is CC.Nc1c(F)cc(F)cc1C#Cc1ccc(F)cc1. The summed E-state index contributed by atoms with van der Waals surface area (Å²) in [6.07, 6.45) is 0. The first kappa shape index (κ1) is 15.6. The molecule has 4 heteroatoms. The molecule has 2 rings (SSSR count). The Kier molecular flexibility index (Phi) is 5.67. The van der Waals surface area contributed by atoms with Crippen molar-refractivity contribution in [2.45, 2.75) is 13.8 Å². The van der Waals surface area contributed by atoms with Gasteiger partial charge in [0.05, 0.1) is 11.3 Å². The fourth-order valence-corrected chi connectivity index (χ4v) is 1.36.